The second-order valence-corrected chi connectivity index (χ2v) is 5.72. The number of rotatable bonds is 6. The van der Waals surface area contributed by atoms with Crippen molar-refractivity contribution in [1.82, 2.24) is 0 Å². The third kappa shape index (κ3) is 3.30. The third-order valence-corrected chi connectivity index (χ3v) is 4.22. The molecule has 2 fully saturated rings. The van der Waals surface area contributed by atoms with Crippen molar-refractivity contribution in [1.29, 1.82) is 0 Å². The van der Waals surface area contributed by atoms with Crippen LogP contribution in [0.4, 0.5) is 0 Å². The van der Waals surface area contributed by atoms with Gasteiger partial charge in [-0.05, 0) is 37.5 Å². The van der Waals surface area contributed by atoms with E-state index in [-0.39, 0.29) is 19.2 Å². The zero-order chi connectivity index (χ0) is 14.7. The van der Waals surface area contributed by atoms with Crippen LogP contribution in [-0.4, -0.2) is 25.2 Å². The van der Waals surface area contributed by atoms with Crippen molar-refractivity contribution in [3.8, 4) is 0 Å². The van der Waals surface area contributed by atoms with Crippen molar-refractivity contribution in [3.63, 3.8) is 0 Å². The van der Waals surface area contributed by atoms with Crippen LogP contribution < -0.4 is 0 Å². The minimum atomic E-state index is -0.465. The molecule has 2 rings (SSSR count). The number of fused-ring (bicyclic) bond motifs is 1. The second-order valence-electron chi connectivity index (χ2n) is 5.72. The molecule has 2 saturated carbocycles. The first-order valence-electron chi connectivity index (χ1n) is 7.21. The molecule has 0 heterocycles. The highest BCUT2D eigenvalue weighted by Gasteiger charge is 2.53. The van der Waals surface area contributed by atoms with E-state index in [1.54, 1.807) is 6.92 Å². The monoisotopic (exact) mass is 278 g/mol. The maximum Gasteiger partial charge on any atom is 0.333 e. The number of hydrogen-bond acceptors (Lipinski definition) is 4. The highest BCUT2D eigenvalue weighted by Crippen LogP contribution is 2.58. The number of carbonyl (C=O) groups excluding carboxylic acids is 2. The third-order valence-electron chi connectivity index (χ3n) is 4.22. The lowest BCUT2D eigenvalue weighted by Crippen LogP contribution is -2.16. The first-order chi connectivity index (χ1) is 9.52. The maximum atomic E-state index is 11.9. The summed E-state index contributed by atoms with van der Waals surface area (Å²) < 4.78 is 9.95. The first-order valence-corrected chi connectivity index (χ1v) is 7.21. The second kappa shape index (κ2) is 6.25. The predicted octanol–water partition coefficient (Wildman–Crippen LogP) is 2.64. The van der Waals surface area contributed by atoms with Crippen molar-refractivity contribution in [2.45, 2.75) is 32.6 Å². The van der Waals surface area contributed by atoms with Crippen LogP contribution in [0.15, 0.2) is 24.3 Å². The van der Waals surface area contributed by atoms with E-state index in [0.717, 1.165) is 0 Å². The molecule has 0 aromatic rings. The van der Waals surface area contributed by atoms with Crippen LogP contribution in [0.25, 0.3) is 0 Å². The number of hydrogen-bond donors (Lipinski definition) is 0. The molecule has 0 radical (unpaired) electrons. The summed E-state index contributed by atoms with van der Waals surface area (Å²) >= 11 is 0. The van der Waals surface area contributed by atoms with Gasteiger partial charge in [0.15, 0.2) is 0 Å². The summed E-state index contributed by atoms with van der Waals surface area (Å²) in [4.78, 5) is 23.0. The standard InChI is InChI=1S/C16H22O4/c1-10(2)15(17)19-8-9-20-16(18)11(3)14-12-6-4-5-7-13(12)14/h12-14H,1,3-9H2,2H3. The van der Waals surface area contributed by atoms with E-state index < -0.39 is 5.97 Å². The maximum absolute atomic E-state index is 11.9. The van der Waals surface area contributed by atoms with E-state index in [0.29, 0.717) is 28.9 Å². The van der Waals surface area contributed by atoms with Crippen molar-refractivity contribution in [3.05, 3.63) is 24.3 Å². The molecule has 0 aromatic carbocycles. The Morgan fingerprint density at radius 1 is 1.00 bits per heavy atom. The van der Waals surface area contributed by atoms with Gasteiger partial charge in [-0.2, -0.15) is 0 Å². The molecule has 2 unspecified atom stereocenters. The van der Waals surface area contributed by atoms with Crippen molar-refractivity contribution in [2.75, 3.05) is 13.2 Å². The average Bonchev–Trinajstić information content (AvgIpc) is 3.16. The number of ether oxygens (including phenoxy) is 2. The summed E-state index contributed by atoms with van der Waals surface area (Å²) in [6.45, 7) is 9.06. The fourth-order valence-corrected chi connectivity index (χ4v) is 3.13. The van der Waals surface area contributed by atoms with Crippen molar-refractivity contribution < 1.29 is 19.1 Å². The Labute approximate surface area is 119 Å². The molecule has 0 saturated heterocycles. The molecular formula is C16H22O4. The molecule has 0 N–H and O–H groups in total. The Morgan fingerprint density at radius 3 is 2.00 bits per heavy atom. The quantitative estimate of drug-likeness (QED) is 0.426. The molecule has 2 aliphatic carbocycles. The molecular weight excluding hydrogens is 256 g/mol. The van der Waals surface area contributed by atoms with Crippen LogP contribution >= 0.6 is 0 Å². The molecule has 4 heteroatoms. The summed E-state index contributed by atoms with van der Waals surface area (Å²) in [5.74, 6) is 0.793. The smallest absolute Gasteiger partial charge is 0.333 e. The molecule has 2 aliphatic rings. The Kier molecular flexibility index (Phi) is 4.63. The molecule has 0 bridgehead atoms. The van der Waals surface area contributed by atoms with Gasteiger partial charge < -0.3 is 9.47 Å². The van der Waals surface area contributed by atoms with Gasteiger partial charge in [0, 0.05) is 11.1 Å². The lowest BCUT2D eigenvalue weighted by molar-refractivity contribution is -0.147. The molecule has 20 heavy (non-hydrogen) atoms. The van der Waals surface area contributed by atoms with E-state index in [1.165, 1.54) is 25.7 Å². The van der Waals surface area contributed by atoms with Crippen molar-refractivity contribution >= 4 is 11.9 Å². The van der Waals surface area contributed by atoms with Crippen LogP contribution in [0.5, 0.6) is 0 Å². The molecule has 2 atom stereocenters. The van der Waals surface area contributed by atoms with Crippen molar-refractivity contribution in [2.24, 2.45) is 17.8 Å². The summed E-state index contributed by atoms with van der Waals surface area (Å²) in [6.07, 6.45) is 4.93. The highest BCUT2D eigenvalue weighted by atomic mass is 16.6. The van der Waals surface area contributed by atoms with Gasteiger partial charge in [0.1, 0.15) is 13.2 Å². The summed E-state index contributed by atoms with van der Waals surface area (Å²) in [5.41, 5.74) is 0.927. The fraction of sp³-hybridized carbons (Fsp3) is 0.625. The molecule has 110 valence electrons. The summed E-state index contributed by atoms with van der Waals surface area (Å²) in [6, 6.07) is 0. The van der Waals surface area contributed by atoms with E-state index in [4.69, 9.17) is 9.47 Å². The van der Waals surface area contributed by atoms with Gasteiger partial charge >= 0.3 is 11.9 Å². The largest absolute Gasteiger partial charge is 0.459 e. The minimum absolute atomic E-state index is 0.0578. The molecule has 0 amide bonds. The van der Waals surface area contributed by atoms with E-state index in [1.807, 2.05) is 0 Å². The topological polar surface area (TPSA) is 52.6 Å². The first kappa shape index (κ1) is 14.8. The van der Waals surface area contributed by atoms with Gasteiger partial charge in [0.05, 0.1) is 0 Å². The summed E-state index contributed by atoms with van der Waals surface area (Å²) in [7, 11) is 0. The molecule has 0 aliphatic heterocycles. The van der Waals surface area contributed by atoms with E-state index in [9.17, 15) is 9.59 Å². The number of carbonyl (C=O) groups is 2. The van der Waals surface area contributed by atoms with Gasteiger partial charge in [-0.3, -0.25) is 0 Å². The van der Waals surface area contributed by atoms with Gasteiger partial charge in [-0.15, -0.1) is 0 Å². The Balaban J connectivity index is 1.66. The normalized spacial score (nSPS) is 27.1. The minimum Gasteiger partial charge on any atom is -0.459 e. The lowest BCUT2D eigenvalue weighted by Gasteiger charge is -2.07. The number of esters is 2. The van der Waals surface area contributed by atoms with Crippen LogP contribution in [0.3, 0.4) is 0 Å². The van der Waals surface area contributed by atoms with E-state index in [2.05, 4.69) is 13.2 Å². The zero-order valence-corrected chi connectivity index (χ0v) is 12.0. The van der Waals surface area contributed by atoms with E-state index >= 15 is 0 Å². The summed E-state index contributed by atoms with van der Waals surface area (Å²) in [5, 5.41) is 0. The van der Waals surface area contributed by atoms with Gasteiger partial charge in [0.25, 0.3) is 0 Å². The zero-order valence-electron chi connectivity index (χ0n) is 12.0. The van der Waals surface area contributed by atoms with Crippen LogP contribution in [0.1, 0.15) is 32.6 Å². The predicted molar refractivity (Wildman–Crippen MR) is 74.8 cm³/mol. The highest BCUT2D eigenvalue weighted by molar-refractivity contribution is 5.89. The molecule has 4 nitrogen and oxygen atoms in total. The Hall–Kier alpha value is -1.58. The van der Waals surface area contributed by atoms with Gasteiger partial charge in [-0.1, -0.05) is 26.0 Å². The van der Waals surface area contributed by atoms with Crippen LogP contribution in [0, 0.1) is 17.8 Å². The van der Waals surface area contributed by atoms with Gasteiger partial charge in [-0.25, -0.2) is 9.59 Å². The SMILES string of the molecule is C=C(C)C(=O)OCCOC(=O)C(=C)C1C2CCCCC21. The fourth-order valence-electron chi connectivity index (χ4n) is 3.13. The Morgan fingerprint density at radius 2 is 1.50 bits per heavy atom. The molecule has 0 spiro atoms. The van der Waals surface area contributed by atoms with Crippen LogP contribution in [-0.2, 0) is 19.1 Å². The lowest BCUT2D eigenvalue weighted by atomic mass is 10.0. The Bertz CT molecular complexity index is 426. The molecule has 0 aromatic heterocycles. The van der Waals surface area contributed by atoms with Crippen LogP contribution in [0.2, 0.25) is 0 Å². The van der Waals surface area contributed by atoms with Gasteiger partial charge in [0.2, 0.25) is 0 Å². The average molecular weight is 278 g/mol.